The lowest BCUT2D eigenvalue weighted by atomic mass is 9.87. The number of nitrogens with two attached hydrogens (primary N) is 1. The Kier molecular flexibility index (Phi) is 8.82. The third kappa shape index (κ3) is 9.85. The molecule has 0 atom stereocenters. The highest BCUT2D eigenvalue weighted by Gasteiger charge is 2.20. The molecular weight excluding hydrogens is 248 g/mol. The summed E-state index contributed by atoms with van der Waals surface area (Å²) in [5.74, 6) is 0.190. The second kappa shape index (κ2) is 8.88. The summed E-state index contributed by atoms with van der Waals surface area (Å²) >= 11 is 0. The molecule has 18 heavy (non-hydrogen) atoms. The van der Waals surface area contributed by atoms with Crippen LogP contribution in [-0.2, 0) is 10.0 Å². The Morgan fingerprint density at radius 3 is 2.33 bits per heavy atom. The molecule has 0 aliphatic heterocycles. The van der Waals surface area contributed by atoms with Crippen molar-refractivity contribution in [3.63, 3.8) is 0 Å². The molecule has 0 saturated heterocycles. The Bertz CT molecular complexity index is 300. The molecule has 0 heterocycles. The van der Waals surface area contributed by atoms with Crippen LogP contribution in [-0.4, -0.2) is 27.3 Å². The maximum Gasteiger partial charge on any atom is 0.211 e. The zero-order valence-electron chi connectivity index (χ0n) is 12.2. The van der Waals surface area contributed by atoms with Crippen LogP contribution in [0.1, 0.15) is 59.3 Å². The van der Waals surface area contributed by atoms with E-state index in [2.05, 4.69) is 25.5 Å². The smallest absolute Gasteiger partial charge is 0.211 e. The van der Waals surface area contributed by atoms with Crippen molar-refractivity contribution in [2.24, 2.45) is 11.1 Å². The van der Waals surface area contributed by atoms with Crippen LogP contribution in [0.15, 0.2) is 0 Å². The molecule has 0 aromatic heterocycles. The highest BCUT2D eigenvalue weighted by atomic mass is 32.2. The minimum atomic E-state index is -3.12. The van der Waals surface area contributed by atoms with Gasteiger partial charge in [-0.3, -0.25) is 0 Å². The summed E-state index contributed by atoms with van der Waals surface area (Å²) in [5.41, 5.74) is 5.39. The number of nitrogens with one attached hydrogen (secondary N) is 1. The molecule has 4 nitrogen and oxygen atoms in total. The number of hydrogen-bond donors (Lipinski definition) is 2. The van der Waals surface area contributed by atoms with Gasteiger partial charge in [-0.2, -0.15) is 0 Å². The van der Waals surface area contributed by atoms with Gasteiger partial charge >= 0.3 is 0 Å². The number of hydrogen-bond acceptors (Lipinski definition) is 3. The first-order valence-corrected chi connectivity index (χ1v) is 8.65. The van der Waals surface area contributed by atoms with E-state index < -0.39 is 10.0 Å². The van der Waals surface area contributed by atoms with Crippen molar-refractivity contribution in [3.05, 3.63) is 0 Å². The molecule has 0 amide bonds. The Hall–Kier alpha value is -0.130. The lowest BCUT2D eigenvalue weighted by Gasteiger charge is -2.24. The SMILES string of the molecule is CCCCCC(C)(C)CNS(=O)(=O)CCCCN. The van der Waals surface area contributed by atoms with E-state index in [1.807, 2.05) is 0 Å². The van der Waals surface area contributed by atoms with E-state index in [9.17, 15) is 8.42 Å². The van der Waals surface area contributed by atoms with Crippen molar-refractivity contribution in [1.82, 2.24) is 4.72 Å². The van der Waals surface area contributed by atoms with E-state index in [4.69, 9.17) is 5.73 Å². The normalized spacial score (nSPS) is 12.9. The van der Waals surface area contributed by atoms with E-state index >= 15 is 0 Å². The molecule has 0 bridgehead atoms. The fourth-order valence-corrected chi connectivity index (χ4v) is 3.10. The molecule has 0 radical (unpaired) electrons. The first-order valence-electron chi connectivity index (χ1n) is 7.00. The van der Waals surface area contributed by atoms with E-state index in [1.165, 1.54) is 19.3 Å². The first kappa shape index (κ1) is 17.9. The molecule has 0 saturated carbocycles. The van der Waals surface area contributed by atoms with Gasteiger partial charge in [-0.25, -0.2) is 13.1 Å². The van der Waals surface area contributed by atoms with Gasteiger partial charge < -0.3 is 5.73 Å². The molecule has 5 heteroatoms. The molecule has 0 spiro atoms. The highest BCUT2D eigenvalue weighted by molar-refractivity contribution is 7.89. The quantitative estimate of drug-likeness (QED) is 0.569. The van der Waals surface area contributed by atoms with Crippen molar-refractivity contribution in [2.75, 3.05) is 18.8 Å². The van der Waals surface area contributed by atoms with Crippen LogP contribution in [0.4, 0.5) is 0 Å². The maximum atomic E-state index is 11.7. The Morgan fingerprint density at radius 2 is 1.78 bits per heavy atom. The molecule has 0 aliphatic carbocycles. The average Bonchev–Trinajstić information content (AvgIpc) is 2.27. The van der Waals surface area contributed by atoms with Gasteiger partial charge in [0.1, 0.15) is 0 Å². The molecule has 110 valence electrons. The van der Waals surface area contributed by atoms with Gasteiger partial charge in [-0.15, -0.1) is 0 Å². The monoisotopic (exact) mass is 278 g/mol. The summed E-state index contributed by atoms with van der Waals surface area (Å²) in [5, 5.41) is 0. The van der Waals surface area contributed by atoms with Gasteiger partial charge in [0, 0.05) is 6.54 Å². The molecule has 0 rings (SSSR count). The lowest BCUT2D eigenvalue weighted by Crippen LogP contribution is -2.35. The van der Waals surface area contributed by atoms with E-state index in [0.717, 1.165) is 12.8 Å². The molecule has 3 N–H and O–H groups in total. The van der Waals surface area contributed by atoms with Crippen LogP contribution in [0.25, 0.3) is 0 Å². The van der Waals surface area contributed by atoms with Gasteiger partial charge in [0.25, 0.3) is 0 Å². The van der Waals surface area contributed by atoms with Crippen molar-refractivity contribution >= 4 is 10.0 Å². The van der Waals surface area contributed by atoms with Gasteiger partial charge in [-0.05, 0) is 31.2 Å². The van der Waals surface area contributed by atoms with E-state index in [-0.39, 0.29) is 11.2 Å². The van der Waals surface area contributed by atoms with Crippen LogP contribution < -0.4 is 10.5 Å². The van der Waals surface area contributed by atoms with E-state index in [1.54, 1.807) is 0 Å². The number of unbranched alkanes of at least 4 members (excludes halogenated alkanes) is 3. The van der Waals surface area contributed by atoms with E-state index in [0.29, 0.717) is 19.5 Å². The third-order valence-corrected chi connectivity index (χ3v) is 4.51. The zero-order valence-corrected chi connectivity index (χ0v) is 13.0. The summed E-state index contributed by atoms with van der Waals surface area (Å²) in [6.07, 6.45) is 6.04. The molecule has 0 unspecified atom stereocenters. The number of sulfonamides is 1. The Labute approximate surface area is 113 Å². The summed E-state index contributed by atoms with van der Waals surface area (Å²) in [6.45, 7) is 7.49. The van der Waals surface area contributed by atoms with Crippen molar-refractivity contribution in [2.45, 2.75) is 59.3 Å². The van der Waals surface area contributed by atoms with Crippen LogP contribution in [0.5, 0.6) is 0 Å². The molecular formula is C13H30N2O2S. The lowest BCUT2D eigenvalue weighted by molar-refractivity contribution is 0.320. The summed E-state index contributed by atoms with van der Waals surface area (Å²) in [6, 6.07) is 0. The van der Waals surface area contributed by atoms with Crippen molar-refractivity contribution < 1.29 is 8.42 Å². The Balaban J connectivity index is 3.97. The topological polar surface area (TPSA) is 72.2 Å². The fraction of sp³-hybridized carbons (Fsp3) is 1.00. The molecule has 0 aromatic carbocycles. The van der Waals surface area contributed by atoms with Crippen LogP contribution >= 0.6 is 0 Å². The predicted molar refractivity (Wildman–Crippen MR) is 78.0 cm³/mol. The van der Waals surface area contributed by atoms with Crippen molar-refractivity contribution in [3.8, 4) is 0 Å². The molecule has 0 fully saturated rings. The van der Waals surface area contributed by atoms with Gasteiger partial charge in [0.05, 0.1) is 5.75 Å². The first-order chi connectivity index (χ1) is 8.33. The van der Waals surface area contributed by atoms with Crippen LogP contribution in [0, 0.1) is 5.41 Å². The van der Waals surface area contributed by atoms with Crippen molar-refractivity contribution in [1.29, 1.82) is 0 Å². The standard InChI is InChI=1S/C13H30N2O2S/c1-4-5-6-9-13(2,3)12-15-18(16,17)11-8-7-10-14/h15H,4-12,14H2,1-3H3. The van der Waals surface area contributed by atoms with Gasteiger partial charge in [-0.1, -0.05) is 40.0 Å². The minimum Gasteiger partial charge on any atom is -0.330 e. The minimum absolute atomic E-state index is 0.0378. The van der Waals surface area contributed by atoms with Crippen LogP contribution in [0.3, 0.4) is 0 Å². The highest BCUT2D eigenvalue weighted by Crippen LogP contribution is 2.22. The maximum absolute atomic E-state index is 11.7. The fourth-order valence-electron chi connectivity index (χ4n) is 1.76. The molecule has 0 aromatic rings. The summed E-state index contributed by atoms with van der Waals surface area (Å²) < 4.78 is 26.2. The zero-order chi connectivity index (χ0) is 14.1. The molecule has 0 aliphatic rings. The largest absolute Gasteiger partial charge is 0.330 e. The third-order valence-electron chi connectivity index (χ3n) is 3.09. The van der Waals surface area contributed by atoms with Gasteiger partial charge in [0.15, 0.2) is 0 Å². The average molecular weight is 278 g/mol. The second-order valence-corrected chi connectivity index (χ2v) is 7.68. The summed E-state index contributed by atoms with van der Waals surface area (Å²) in [4.78, 5) is 0. The predicted octanol–water partition coefficient (Wildman–Crippen LogP) is 2.25. The van der Waals surface area contributed by atoms with Crippen LogP contribution in [0.2, 0.25) is 0 Å². The Morgan fingerprint density at radius 1 is 1.11 bits per heavy atom. The van der Waals surface area contributed by atoms with Gasteiger partial charge in [0.2, 0.25) is 10.0 Å². The summed E-state index contributed by atoms with van der Waals surface area (Å²) in [7, 11) is -3.12. The number of rotatable bonds is 11. The second-order valence-electron chi connectivity index (χ2n) is 5.76.